The third kappa shape index (κ3) is 7.09. The molecule has 0 spiro atoms. The van der Waals surface area contributed by atoms with Crippen molar-refractivity contribution in [2.24, 2.45) is 0 Å². The molecule has 0 aromatic heterocycles. The Labute approximate surface area is 401 Å². The number of hydrogen-bond donors (Lipinski definition) is 0. The maximum atomic E-state index is 2.55. The number of fused-ring (bicyclic) bond motifs is 4. The highest BCUT2D eigenvalue weighted by atomic mass is 28.3. The van der Waals surface area contributed by atoms with Gasteiger partial charge in [-0.2, -0.15) is 0 Å². The summed E-state index contributed by atoms with van der Waals surface area (Å²) in [6.07, 6.45) is 0. The average molecular weight is 889 g/mol. The lowest BCUT2D eigenvalue weighted by atomic mass is 9.33. The van der Waals surface area contributed by atoms with Crippen molar-refractivity contribution in [1.82, 2.24) is 0 Å². The summed E-state index contributed by atoms with van der Waals surface area (Å²) in [5, 5.41) is 2.78. The van der Waals surface area contributed by atoms with Crippen molar-refractivity contribution in [3.8, 4) is 0 Å². The zero-order chi connectivity index (χ0) is 45.6. The van der Waals surface area contributed by atoms with Crippen LogP contribution in [0.15, 0.2) is 261 Å². The van der Waals surface area contributed by atoms with Crippen molar-refractivity contribution in [3.63, 3.8) is 0 Å². The Morgan fingerprint density at radius 3 is 0.985 bits per heavy atom. The van der Waals surface area contributed by atoms with Gasteiger partial charge in [-0.05, 0) is 126 Å². The van der Waals surface area contributed by atoms with Crippen LogP contribution in [0.3, 0.4) is 0 Å². The van der Waals surface area contributed by atoms with Gasteiger partial charge in [-0.3, -0.25) is 0 Å². The predicted molar refractivity (Wildman–Crippen MR) is 293 cm³/mol. The molecule has 10 aromatic rings. The molecule has 68 heavy (non-hydrogen) atoms. The molecule has 324 valence electrons. The quantitative estimate of drug-likeness (QED) is 0.127. The van der Waals surface area contributed by atoms with Crippen LogP contribution in [-0.2, 0) is 0 Å². The minimum absolute atomic E-state index is 0.0626. The first-order chi connectivity index (χ1) is 33.5. The highest BCUT2D eigenvalue weighted by Crippen LogP contribution is 2.47. The first-order valence-electron chi connectivity index (χ1n) is 23.6. The zero-order valence-corrected chi connectivity index (χ0v) is 39.2. The Morgan fingerprint density at radius 1 is 0.309 bits per heavy atom. The lowest BCUT2D eigenvalue weighted by Crippen LogP contribution is -2.62. The van der Waals surface area contributed by atoms with E-state index in [2.05, 4.69) is 294 Å². The molecule has 0 amide bonds. The summed E-state index contributed by atoms with van der Waals surface area (Å²) >= 11 is 0. The smallest absolute Gasteiger partial charge is 0.252 e. The molecule has 0 fully saturated rings. The van der Waals surface area contributed by atoms with Gasteiger partial charge in [0.2, 0.25) is 0 Å². The number of hydrogen-bond acceptors (Lipinski definition) is 4. The number of rotatable bonds is 10. The fraction of sp³-hybridized carbons (Fsp3) is 0.0323. The van der Waals surface area contributed by atoms with Crippen LogP contribution in [0.2, 0.25) is 13.1 Å². The Kier molecular flexibility index (Phi) is 10.4. The third-order valence-corrected chi connectivity index (χ3v) is 17.4. The van der Waals surface area contributed by atoms with E-state index in [1.165, 1.54) is 49.5 Å². The second-order valence-electron chi connectivity index (χ2n) is 18.2. The maximum absolute atomic E-state index is 2.55. The first kappa shape index (κ1) is 41.1. The molecule has 10 aromatic carbocycles. The van der Waals surface area contributed by atoms with E-state index in [-0.39, 0.29) is 6.71 Å². The first-order valence-corrected chi connectivity index (χ1v) is 26.6. The number of para-hydroxylation sites is 6. The molecule has 0 N–H and O–H groups in total. The van der Waals surface area contributed by atoms with E-state index < -0.39 is 8.07 Å². The van der Waals surface area contributed by atoms with Gasteiger partial charge in [0.1, 0.15) is 8.07 Å². The molecular weight excluding hydrogens is 840 g/mol. The van der Waals surface area contributed by atoms with Crippen LogP contribution < -0.4 is 46.4 Å². The second kappa shape index (κ2) is 17.2. The molecule has 0 unspecified atom stereocenters. The second-order valence-corrected chi connectivity index (χ2v) is 22.6. The third-order valence-electron chi connectivity index (χ3n) is 13.9. The van der Waals surface area contributed by atoms with E-state index in [1.54, 1.807) is 0 Å². The molecule has 2 aliphatic rings. The summed E-state index contributed by atoms with van der Waals surface area (Å²) in [4.78, 5) is 9.87. The van der Waals surface area contributed by atoms with Crippen LogP contribution in [-0.4, -0.2) is 14.8 Å². The largest absolute Gasteiger partial charge is 0.311 e. The fourth-order valence-electron chi connectivity index (χ4n) is 10.5. The van der Waals surface area contributed by atoms with Gasteiger partial charge in [-0.25, -0.2) is 0 Å². The molecule has 0 saturated carbocycles. The summed E-state index contributed by atoms with van der Waals surface area (Å²) in [5.41, 5.74) is 17.5. The van der Waals surface area contributed by atoms with E-state index in [0.717, 1.165) is 45.5 Å². The van der Waals surface area contributed by atoms with Crippen LogP contribution in [0.4, 0.5) is 68.2 Å². The van der Waals surface area contributed by atoms with Crippen LogP contribution >= 0.6 is 0 Å². The topological polar surface area (TPSA) is 13.0 Å². The van der Waals surface area contributed by atoms with Crippen molar-refractivity contribution >= 4 is 110 Å². The Hall–Kier alpha value is -8.32. The van der Waals surface area contributed by atoms with Crippen molar-refractivity contribution < 1.29 is 0 Å². The molecule has 0 atom stereocenters. The number of anilines is 12. The van der Waals surface area contributed by atoms with Gasteiger partial charge < -0.3 is 19.6 Å². The maximum Gasteiger partial charge on any atom is 0.252 e. The van der Waals surface area contributed by atoms with Gasteiger partial charge in [0, 0.05) is 68.2 Å². The SMILES string of the molecule is C[Si](C)(c1ccccc1)c1cc2c3c(c1)N(c1ccccc1)c1cc(N(c4ccccc4)c4ccccc4)ccc1B3c1ccc(N(c3ccccc3)c3ccccc3)cc1N2c1ccccc1. The van der Waals surface area contributed by atoms with E-state index in [0.29, 0.717) is 0 Å². The summed E-state index contributed by atoms with van der Waals surface area (Å²) in [5.74, 6) is 0. The van der Waals surface area contributed by atoms with Crippen molar-refractivity contribution in [2.45, 2.75) is 13.1 Å². The Balaban J connectivity index is 1.17. The zero-order valence-electron chi connectivity index (χ0n) is 38.2. The highest BCUT2D eigenvalue weighted by molar-refractivity contribution is 7.02. The summed E-state index contributed by atoms with van der Waals surface area (Å²) in [6, 6.07) is 95.6. The molecule has 0 bridgehead atoms. The molecule has 12 rings (SSSR count). The van der Waals surface area contributed by atoms with Crippen molar-refractivity contribution in [2.75, 3.05) is 19.6 Å². The Morgan fingerprint density at radius 2 is 0.632 bits per heavy atom. The van der Waals surface area contributed by atoms with Crippen molar-refractivity contribution in [3.05, 3.63) is 261 Å². The summed E-state index contributed by atoms with van der Waals surface area (Å²) < 4.78 is 0. The Bertz CT molecular complexity index is 3100. The van der Waals surface area contributed by atoms with Crippen LogP contribution in [0.25, 0.3) is 0 Å². The highest BCUT2D eigenvalue weighted by Gasteiger charge is 2.45. The van der Waals surface area contributed by atoms with Gasteiger partial charge in [0.05, 0.1) is 0 Å². The molecular formula is C62H49BN4Si. The summed E-state index contributed by atoms with van der Waals surface area (Å²) in [7, 11) is -2.31. The van der Waals surface area contributed by atoms with E-state index in [1.807, 2.05) is 0 Å². The molecule has 4 nitrogen and oxygen atoms in total. The van der Waals surface area contributed by atoms with Gasteiger partial charge in [-0.1, -0.05) is 175 Å². The van der Waals surface area contributed by atoms with E-state index in [4.69, 9.17) is 0 Å². The predicted octanol–water partition coefficient (Wildman–Crippen LogP) is 13.5. The van der Waals surface area contributed by atoms with Gasteiger partial charge in [-0.15, -0.1) is 0 Å². The number of nitrogens with zero attached hydrogens (tertiary/aromatic N) is 4. The summed E-state index contributed by atoms with van der Waals surface area (Å²) in [6.45, 7) is 4.95. The van der Waals surface area contributed by atoms with Gasteiger partial charge >= 0.3 is 0 Å². The monoisotopic (exact) mass is 888 g/mol. The van der Waals surface area contributed by atoms with Gasteiger partial charge in [0.15, 0.2) is 0 Å². The lowest BCUT2D eigenvalue weighted by Gasteiger charge is -2.45. The molecule has 0 saturated heterocycles. The molecule has 2 heterocycles. The van der Waals surface area contributed by atoms with Crippen molar-refractivity contribution in [1.29, 1.82) is 0 Å². The normalized spacial score (nSPS) is 12.5. The minimum atomic E-state index is -2.31. The fourth-order valence-corrected chi connectivity index (χ4v) is 12.9. The molecule has 6 heteroatoms. The van der Waals surface area contributed by atoms with E-state index in [9.17, 15) is 0 Å². The van der Waals surface area contributed by atoms with Crippen LogP contribution in [0.5, 0.6) is 0 Å². The van der Waals surface area contributed by atoms with Crippen LogP contribution in [0, 0.1) is 0 Å². The van der Waals surface area contributed by atoms with Crippen LogP contribution in [0.1, 0.15) is 0 Å². The number of benzene rings is 10. The standard InChI is InChI=1S/C62H49BN4Si/c1-68(2,54-36-22-9-23-37-54)55-44-60-62-61(45-55)67(51-34-20-8-21-35-51)59-43-53(65(48-28-14-5-15-29-48)49-30-16-6-17-31-49)39-41-57(59)63(62)56-40-38-52(42-58(56)66(60)50-32-18-7-19-33-50)64(46-24-10-3-11-25-46)47-26-12-4-13-27-47/h3-45H,1-2H3. The molecule has 0 aliphatic carbocycles. The molecule has 2 aliphatic heterocycles. The van der Waals surface area contributed by atoms with E-state index >= 15 is 0 Å². The van der Waals surface area contributed by atoms with Gasteiger partial charge in [0.25, 0.3) is 6.71 Å². The molecule has 0 radical (unpaired) electrons. The minimum Gasteiger partial charge on any atom is -0.311 e. The average Bonchev–Trinajstić information content (AvgIpc) is 3.40. The lowest BCUT2D eigenvalue weighted by molar-refractivity contribution is 1.23.